The van der Waals surface area contributed by atoms with Crippen LogP contribution in [0.4, 0.5) is 23.2 Å². The van der Waals surface area contributed by atoms with Crippen LogP contribution >= 0.6 is 0 Å². The van der Waals surface area contributed by atoms with Crippen LogP contribution in [0.15, 0.2) is 30.3 Å². The summed E-state index contributed by atoms with van der Waals surface area (Å²) in [6.45, 7) is 0.777. The highest BCUT2D eigenvalue weighted by Gasteiger charge is 2.28. The van der Waals surface area contributed by atoms with Gasteiger partial charge in [-0.05, 0) is 12.1 Å². The zero-order chi connectivity index (χ0) is 17.1. The maximum atomic E-state index is 14.3. The highest BCUT2D eigenvalue weighted by atomic mass is 19.2. The minimum Gasteiger partial charge on any atom is -0.378 e. The molecule has 0 radical (unpaired) electrons. The van der Waals surface area contributed by atoms with Crippen LogP contribution in [0, 0.1) is 35.1 Å². The Labute approximate surface area is 136 Å². The van der Waals surface area contributed by atoms with E-state index < -0.39 is 34.5 Å². The smallest absolute Gasteiger partial charge is 0.186 e. The molecular formula is C18H13F4NO. The van der Waals surface area contributed by atoms with Gasteiger partial charge in [0.15, 0.2) is 23.3 Å². The summed E-state index contributed by atoms with van der Waals surface area (Å²) >= 11 is 0. The van der Waals surface area contributed by atoms with Crippen LogP contribution in [-0.2, 0) is 4.74 Å². The minimum atomic E-state index is -1.49. The zero-order valence-corrected chi connectivity index (χ0v) is 12.6. The van der Waals surface area contributed by atoms with E-state index in [1.165, 1.54) is 4.90 Å². The number of hydrogen-bond acceptors (Lipinski definition) is 2. The summed E-state index contributed by atoms with van der Waals surface area (Å²) in [4.78, 5) is 1.23. The summed E-state index contributed by atoms with van der Waals surface area (Å²) in [5, 5.41) is 0. The first-order valence-corrected chi connectivity index (χ1v) is 7.35. The van der Waals surface area contributed by atoms with Crippen molar-refractivity contribution in [2.24, 2.45) is 0 Å². The minimum absolute atomic E-state index is 0.155. The molecule has 1 fully saturated rings. The van der Waals surface area contributed by atoms with E-state index in [9.17, 15) is 17.6 Å². The average Bonchev–Trinajstić information content (AvgIpc) is 2.62. The van der Waals surface area contributed by atoms with Crippen molar-refractivity contribution in [3.05, 3.63) is 64.7 Å². The van der Waals surface area contributed by atoms with Crippen molar-refractivity contribution in [3.8, 4) is 11.8 Å². The molecule has 2 aromatic carbocycles. The molecule has 1 aliphatic heterocycles. The molecule has 124 valence electrons. The summed E-state index contributed by atoms with van der Waals surface area (Å²) in [6, 6.07) is 8.39. The van der Waals surface area contributed by atoms with Crippen LogP contribution in [0.25, 0.3) is 0 Å². The molecule has 0 aliphatic carbocycles. The topological polar surface area (TPSA) is 12.5 Å². The Morgan fingerprint density at radius 2 is 1.38 bits per heavy atom. The second-order valence-corrected chi connectivity index (χ2v) is 5.19. The van der Waals surface area contributed by atoms with E-state index in [2.05, 4.69) is 11.8 Å². The number of benzene rings is 2. The fourth-order valence-electron chi connectivity index (χ4n) is 2.45. The second-order valence-electron chi connectivity index (χ2n) is 5.19. The molecule has 0 unspecified atom stereocenters. The lowest BCUT2D eigenvalue weighted by Gasteiger charge is -2.29. The van der Waals surface area contributed by atoms with E-state index in [-0.39, 0.29) is 26.3 Å². The van der Waals surface area contributed by atoms with Crippen LogP contribution in [0.1, 0.15) is 11.1 Å². The number of halogens is 4. The summed E-state index contributed by atoms with van der Waals surface area (Å²) in [7, 11) is 0. The quantitative estimate of drug-likeness (QED) is 0.449. The molecule has 1 aliphatic rings. The SMILES string of the molecule is Fc1c(F)c(N2CCOCC2)c(F)c(F)c1C#Cc1ccccc1. The van der Waals surface area contributed by atoms with Crippen molar-refractivity contribution in [2.75, 3.05) is 31.2 Å². The first-order chi connectivity index (χ1) is 11.6. The molecule has 0 N–H and O–H groups in total. The molecule has 0 bridgehead atoms. The van der Waals surface area contributed by atoms with Crippen molar-refractivity contribution >= 4 is 5.69 Å². The molecule has 2 nitrogen and oxygen atoms in total. The number of ether oxygens (including phenoxy) is 1. The van der Waals surface area contributed by atoms with E-state index in [4.69, 9.17) is 4.74 Å². The summed E-state index contributed by atoms with van der Waals surface area (Å²) < 4.78 is 62.1. The van der Waals surface area contributed by atoms with Gasteiger partial charge in [0.1, 0.15) is 11.3 Å². The normalized spacial score (nSPS) is 14.2. The van der Waals surface area contributed by atoms with Crippen molar-refractivity contribution < 1.29 is 22.3 Å². The maximum Gasteiger partial charge on any atom is 0.186 e. The van der Waals surface area contributed by atoms with Gasteiger partial charge in [0.2, 0.25) is 0 Å². The molecule has 1 heterocycles. The molecule has 0 saturated carbocycles. The molecule has 1 saturated heterocycles. The highest BCUT2D eigenvalue weighted by Crippen LogP contribution is 2.31. The van der Waals surface area contributed by atoms with Gasteiger partial charge in [-0.15, -0.1) is 0 Å². The van der Waals surface area contributed by atoms with E-state index in [1.54, 1.807) is 30.3 Å². The third-order valence-electron chi connectivity index (χ3n) is 3.67. The molecule has 24 heavy (non-hydrogen) atoms. The van der Waals surface area contributed by atoms with E-state index >= 15 is 0 Å². The van der Waals surface area contributed by atoms with Crippen LogP contribution in [0.3, 0.4) is 0 Å². The average molecular weight is 335 g/mol. The summed E-state index contributed by atoms with van der Waals surface area (Å²) in [5.74, 6) is -1.16. The van der Waals surface area contributed by atoms with Gasteiger partial charge in [-0.25, -0.2) is 17.6 Å². The third kappa shape index (κ3) is 3.08. The van der Waals surface area contributed by atoms with Crippen LogP contribution in [-0.4, -0.2) is 26.3 Å². The standard InChI is InChI=1S/C18H13F4NO/c19-14-13(7-6-12-4-2-1-3-5-12)15(20)17(22)18(16(14)21)23-8-10-24-11-9-23/h1-5H,8-11H2. The Bertz CT molecular complexity index is 776. The molecule has 3 rings (SSSR count). The van der Waals surface area contributed by atoms with E-state index in [1.807, 2.05) is 0 Å². The Hall–Kier alpha value is -2.52. The second kappa shape index (κ2) is 6.93. The zero-order valence-electron chi connectivity index (χ0n) is 12.6. The molecular weight excluding hydrogens is 322 g/mol. The number of nitrogens with zero attached hydrogens (tertiary/aromatic N) is 1. The van der Waals surface area contributed by atoms with Crippen molar-refractivity contribution in [1.82, 2.24) is 0 Å². The van der Waals surface area contributed by atoms with Gasteiger partial charge in [-0.2, -0.15) is 0 Å². The molecule has 0 amide bonds. The fraction of sp³-hybridized carbons (Fsp3) is 0.222. The van der Waals surface area contributed by atoms with Crippen molar-refractivity contribution in [2.45, 2.75) is 0 Å². The van der Waals surface area contributed by atoms with E-state index in [0.29, 0.717) is 5.56 Å². The predicted molar refractivity (Wildman–Crippen MR) is 81.7 cm³/mol. The van der Waals surface area contributed by atoms with Crippen molar-refractivity contribution in [3.63, 3.8) is 0 Å². The van der Waals surface area contributed by atoms with Gasteiger partial charge in [0, 0.05) is 18.7 Å². The Balaban J connectivity index is 2.05. The van der Waals surface area contributed by atoms with E-state index in [0.717, 1.165) is 0 Å². The lowest BCUT2D eigenvalue weighted by atomic mass is 10.1. The number of rotatable bonds is 1. The molecule has 0 aromatic heterocycles. The molecule has 6 heteroatoms. The number of anilines is 1. The van der Waals surface area contributed by atoms with Crippen LogP contribution in [0.5, 0.6) is 0 Å². The van der Waals surface area contributed by atoms with Crippen LogP contribution in [0.2, 0.25) is 0 Å². The fourth-order valence-corrected chi connectivity index (χ4v) is 2.45. The van der Waals surface area contributed by atoms with Crippen LogP contribution < -0.4 is 4.90 Å². The third-order valence-corrected chi connectivity index (χ3v) is 3.67. The van der Waals surface area contributed by atoms with Gasteiger partial charge in [-0.1, -0.05) is 30.0 Å². The van der Waals surface area contributed by atoms with Gasteiger partial charge in [0.05, 0.1) is 13.2 Å². The Kier molecular flexibility index (Phi) is 4.72. The van der Waals surface area contributed by atoms with Crippen molar-refractivity contribution in [1.29, 1.82) is 0 Å². The number of morpholine rings is 1. The monoisotopic (exact) mass is 335 g/mol. The Morgan fingerprint density at radius 3 is 1.96 bits per heavy atom. The van der Waals surface area contributed by atoms with Gasteiger partial charge >= 0.3 is 0 Å². The Morgan fingerprint density at radius 1 is 0.792 bits per heavy atom. The predicted octanol–water partition coefficient (Wildman–Crippen LogP) is 3.48. The lowest BCUT2D eigenvalue weighted by Crippen LogP contribution is -2.37. The van der Waals surface area contributed by atoms with Gasteiger partial charge in [-0.3, -0.25) is 0 Å². The summed E-state index contributed by atoms with van der Waals surface area (Å²) in [5.41, 5.74) is -1.14. The first kappa shape index (κ1) is 16.3. The highest BCUT2D eigenvalue weighted by molar-refractivity contribution is 5.56. The first-order valence-electron chi connectivity index (χ1n) is 7.35. The number of hydrogen-bond donors (Lipinski definition) is 0. The van der Waals surface area contributed by atoms with Gasteiger partial charge < -0.3 is 9.64 Å². The molecule has 2 aromatic rings. The lowest BCUT2D eigenvalue weighted by molar-refractivity contribution is 0.122. The largest absolute Gasteiger partial charge is 0.378 e. The molecule has 0 atom stereocenters. The maximum absolute atomic E-state index is 14.3. The molecule has 0 spiro atoms. The van der Waals surface area contributed by atoms with Gasteiger partial charge in [0.25, 0.3) is 0 Å². The summed E-state index contributed by atoms with van der Waals surface area (Å²) in [6.07, 6.45) is 0.